The average Bonchev–Trinajstić information content (AvgIpc) is 2.74. The van der Waals surface area contributed by atoms with Crippen LogP contribution in [0.1, 0.15) is 75.6 Å². The normalized spacial score (nSPS) is 10.6. The zero-order valence-corrected chi connectivity index (χ0v) is 17.9. The zero-order chi connectivity index (χ0) is 20.7. The summed E-state index contributed by atoms with van der Waals surface area (Å²) in [5.74, 6) is 1.45. The van der Waals surface area contributed by atoms with Crippen molar-refractivity contribution < 1.29 is 14.3 Å². The molecule has 2 aromatic carbocycles. The number of hydrogen-bond donors (Lipinski definition) is 1. The summed E-state index contributed by atoms with van der Waals surface area (Å²) in [6.07, 6.45) is 9.41. The van der Waals surface area contributed by atoms with Gasteiger partial charge in [-0.15, -0.1) is 0 Å². The molecule has 29 heavy (non-hydrogen) atoms. The molecule has 0 radical (unpaired) electrons. The van der Waals surface area contributed by atoms with E-state index >= 15 is 0 Å². The number of rotatable bonds is 14. The van der Waals surface area contributed by atoms with Crippen molar-refractivity contribution in [1.82, 2.24) is 0 Å². The lowest BCUT2D eigenvalue weighted by atomic mass is 10.2. The van der Waals surface area contributed by atoms with E-state index in [1.54, 1.807) is 12.1 Å². The van der Waals surface area contributed by atoms with Gasteiger partial charge in [0, 0.05) is 17.3 Å². The Morgan fingerprint density at radius 1 is 0.759 bits per heavy atom. The number of ether oxygens (including phenoxy) is 2. The molecule has 0 saturated heterocycles. The van der Waals surface area contributed by atoms with Gasteiger partial charge in [-0.25, -0.2) is 0 Å². The molecule has 0 atom stereocenters. The fraction of sp³-hybridized carbons (Fsp3) is 0.480. The van der Waals surface area contributed by atoms with Gasteiger partial charge in [0.05, 0.1) is 13.2 Å². The van der Waals surface area contributed by atoms with Gasteiger partial charge in [0.2, 0.25) is 0 Å². The molecule has 0 heterocycles. The van der Waals surface area contributed by atoms with Gasteiger partial charge in [0.25, 0.3) is 5.91 Å². The van der Waals surface area contributed by atoms with E-state index in [4.69, 9.17) is 9.47 Å². The van der Waals surface area contributed by atoms with Gasteiger partial charge in [-0.05, 0) is 49.2 Å². The highest BCUT2D eigenvalue weighted by atomic mass is 16.5. The average molecular weight is 398 g/mol. The number of unbranched alkanes of at least 4 members (excludes halogenated alkanes) is 6. The highest BCUT2D eigenvalue weighted by Crippen LogP contribution is 2.19. The van der Waals surface area contributed by atoms with Crippen LogP contribution in [0.3, 0.4) is 0 Å². The predicted octanol–water partition coefficient (Wildman–Crippen LogP) is 6.86. The van der Waals surface area contributed by atoms with Crippen molar-refractivity contribution >= 4 is 11.6 Å². The van der Waals surface area contributed by atoms with Gasteiger partial charge < -0.3 is 14.8 Å². The van der Waals surface area contributed by atoms with Crippen molar-refractivity contribution in [2.45, 2.75) is 65.2 Å². The smallest absolute Gasteiger partial charge is 0.255 e. The van der Waals surface area contributed by atoms with Crippen LogP contribution in [-0.4, -0.2) is 19.1 Å². The molecule has 2 rings (SSSR count). The number of carbonyl (C=O) groups excluding carboxylic acids is 1. The molecule has 158 valence electrons. The minimum Gasteiger partial charge on any atom is -0.494 e. The van der Waals surface area contributed by atoms with Crippen LogP contribution in [0.25, 0.3) is 0 Å². The van der Waals surface area contributed by atoms with E-state index in [2.05, 4.69) is 19.2 Å². The van der Waals surface area contributed by atoms with E-state index < -0.39 is 0 Å². The molecule has 2 aromatic rings. The van der Waals surface area contributed by atoms with Gasteiger partial charge in [-0.3, -0.25) is 4.79 Å². The first-order chi connectivity index (χ1) is 14.2. The number of hydrogen-bond acceptors (Lipinski definition) is 3. The van der Waals surface area contributed by atoms with Crippen molar-refractivity contribution in [1.29, 1.82) is 0 Å². The molecule has 4 heteroatoms. The zero-order valence-electron chi connectivity index (χ0n) is 17.9. The van der Waals surface area contributed by atoms with Crippen LogP contribution in [0.5, 0.6) is 11.5 Å². The highest BCUT2D eigenvalue weighted by Gasteiger charge is 2.07. The molecule has 4 nitrogen and oxygen atoms in total. The molecule has 0 saturated carbocycles. The fourth-order valence-electron chi connectivity index (χ4n) is 3.01. The molecule has 0 fully saturated rings. The third-order valence-electron chi connectivity index (χ3n) is 4.74. The molecule has 1 N–H and O–H groups in total. The Morgan fingerprint density at radius 3 is 2.00 bits per heavy atom. The minimum atomic E-state index is -0.139. The van der Waals surface area contributed by atoms with Crippen LogP contribution >= 0.6 is 0 Å². The molecule has 1 amide bonds. The van der Waals surface area contributed by atoms with Crippen molar-refractivity contribution in [3.8, 4) is 11.5 Å². The lowest BCUT2D eigenvalue weighted by Crippen LogP contribution is -2.12. The standard InChI is InChI=1S/C25H35NO3/c1-3-5-7-9-18-28-23-16-14-21(15-17-23)25(27)26-22-12-11-13-24(20-22)29-19-10-8-6-4-2/h11-17,20H,3-10,18-19H2,1-2H3,(H,26,27). The van der Waals surface area contributed by atoms with Crippen LogP contribution in [0.15, 0.2) is 48.5 Å². The van der Waals surface area contributed by atoms with Crippen molar-refractivity contribution in [3.05, 3.63) is 54.1 Å². The van der Waals surface area contributed by atoms with E-state index in [1.807, 2.05) is 36.4 Å². The second kappa shape index (κ2) is 13.6. The maximum atomic E-state index is 12.5. The summed E-state index contributed by atoms with van der Waals surface area (Å²) in [4.78, 5) is 12.5. The molecule has 0 aliphatic carbocycles. The van der Waals surface area contributed by atoms with Crippen LogP contribution in [0, 0.1) is 0 Å². The predicted molar refractivity (Wildman–Crippen MR) is 120 cm³/mol. The molecule has 0 bridgehead atoms. The molecule has 0 spiro atoms. The molecule has 0 unspecified atom stereocenters. The summed E-state index contributed by atoms with van der Waals surface area (Å²) in [7, 11) is 0. The molecular formula is C25H35NO3. The molecule has 0 aliphatic heterocycles. The summed E-state index contributed by atoms with van der Waals surface area (Å²) in [5.41, 5.74) is 1.34. The van der Waals surface area contributed by atoms with Gasteiger partial charge in [0.1, 0.15) is 11.5 Å². The summed E-state index contributed by atoms with van der Waals surface area (Å²) in [6, 6.07) is 14.8. The number of amides is 1. The van der Waals surface area contributed by atoms with E-state index in [0.717, 1.165) is 36.6 Å². The van der Waals surface area contributed by atoms with Crippen LogP contribution in [0.2, 0.25) is 0 Å². The lowest BCUT2D eigenvalue weighted by Gasteiger charge is -2.10. The Bertz CT molecular complexity index is 712. The Morgan fingerprint density at radius 2 is 1.38 bits per heavy atom. The Hall–Kier alpha value is -2.49. The summed E-state index contributed by atoms with van der Waals surface area (Å²) in [6.45, 7) is 5.82. The third-order valence-corrected chi connectivity index (χ3v) is 4.74. The minimum absolute atomic E-state index is 0.139. The largest absolute Gasteiger partial charge is 0.494 e. The van der Waals surface area contributed by atoms with Gasteiger partial charge in [-0.1, -0.05) is 58.4 Å². The summed E-state index contributed by atoms with van der Waals surface area (Å²) in [5, 5.41) is 2.94. The van der Waals surface area contributed by atoms with E-state index in [9.17, 15) is 4.79 Å². The van der Waals surface area contributed by atoms with Gasteiger partial charge >= 0.3 is 0 Å². The number of anilines is 1. The first-order valence-electron chi connectivity index (χ1n) is 11.0. The van der Waals surface area contributed by atoms with Crippen molar-refractivity contribution in [3.63, 3.8) is 0 Å². The first-order valence-corrected chi connectivity index (χ1v) is 11.0. The van der Waals surface area contributed by atoms with Crippen molar-refractivity contribution in [2.75, 3.05) is 18.5 Å². The topological polar surface area (TPSA) is 47.6 Å². The Labute approximate surface area is 175 Å². The second-order valence-electron chi connectivity index (χ2n) is 7.32. The first kappa shape index (κ1) is 22.8. The van der Waals surface area contributed by atoms with Gasteiger partial charge in [-0.2, -0.15) is 0 Å². The van der Waals surface area contributed by atoms with Crippen LogP contribution in [0.4, 0.5) is 5.69 Å². The summed E-state index contributed by atoms with van der Waals surface area (Å²) >= 11 is 0. The number of carbonyl (C=O) groups is 1. The fourth-order valence-corrected chi connectivity index (χ4v) is 3.01. The van der Waals surface area contributed by atoms with Crippen LogP contribution < -0.4 is 14.8 Å². The van der Waals surface area contributed by atoms with Crippen molar-refractivity contribution in [2.24, 2.45) is 0 Å². The molecule has 0 aliphatic rings. The Balaban J connectivity index is 1.79. The summed E-state index contributed by atoms with van der Waals surface area (Å²) < 4.78 is 11.5. The van der Waals surface area contributed by atoms with E-state index in [0.29, 0.717) is 12.2 Å². The maximum absolute atomic E-state index is 12.5. The second-order valence-corrected chi connectivity index (χ2v) is 7.32. The number of nitrogens with one attached hydrogen (secondary N) is 1. The Kier molecular flexibility index (Phi) is 10.7. The number of benzene rings is 2. The lowest BCUT2D eigenvalue weighted by molar-refractivity contribution is 0.102. The SMILES string of the molecule is CCCCCCOc1ccc(C(=O)Nc2cccc(OCCCCCC)c2)cc1. The van der Waals surface area contributed by atoms with Gasteiger partial charge in [0.15, 0.2) is 0 Å². The van der Waals surface area contributed by atoms with E-state index in [-0.39, 0.29) is 5.91 Å². The molecule has 0 aromatic heterocycles. The molecular weight excluding hydrogens is 362 g/mol. The third kappa shape index (κ3) is 9.03. The maximum Gasteiger partial charge on any atom is 0.255 e. The highest BCUT2D eigenvalue weighted by molar-refractivity contribution is 6.04. The quantitative estimate of drug-likeness (QED) is 0.354. The monoisotopic (exact) mass is 397 g/mol. The van der Waals surface area contributed by atoms with E-state index in [1.165, 1.54) is 38.5 Å². The van der Waals surface area contributed by atoms with Crippen LogP contribution in [-0.2, 0) is 0 Å².